The van der Waals surface area contributed by atoms with E-state index in [0.717, 1.165) is 0 Å². The molecule has 1 aromatic heterocycles. The number of para-hydroxylation sites is 1. The Bertz CT molecular complexity index is 788. The van der Waals surface area contributed by atoms with Crippen molar-refractivity contribution in [3.05, 3.63) is 46.2 Å². The van der Waals surface area contributed by atoms with E-state index in [1.165, 1.54) is 6.20 Å². The maximum absolute atomic E-state index is 12.3. The zero-order chi connectivity index (χ0) is 18.1. The molecule has 134 valence electrons. The number of amides is 2. The van der Waals surface area contributed by atoms with Crippen LogP contribution in [0.5, 0.6) is 0 Å². The molecule has 0 aliphatic heterocycles. The standard InChI is InChI=1S/C17H22N4O4/c1-25-9-8-18-6-7-19-15(22)11-21-17(24)13-10-20-14-5-3-2-4-12(14)16(13)23/h2-5,10,18H,6-9,11H2,1H3,(H,19,22)(H,20,23)(H,21,24). The Morgan fingerprint density at radius 2 is 1.92 bits per heavy atom. The largest absolute Gasteiger partial charge is 0.383 e. The van der Waals surface area contributed by atoms with E-state index in [9.17, 15) is 14.4 Å². The zero-order valence-electron chi connectivity index (χ0n) is 14.1. The highest BCUT2D eigenvalue weighted by Crippen LogP contribution is 2.06. The fourth-order valence-corrected chi connectivity index (χ4v) is 2.24. The lowest BCUT2D eigenvalue weighted by Crippen LogP contribution is -2.40. The number of aromatic amines is 1. The maximum atomic E-state index is 12.3. The smallest absolute Gasteiger partial charge is 0.257 e. The van der Waals surface area contributed by atoms with Gasteiger partial charge < -0.3 is 25.7 Å². The number of H-pyrrole nitrogens is 1. The van der Waals surface area contributed by atoms with Crippen LogP contribution in [0.25, 0.3) is 10.9 Å². The molecule has 0 radical (unpaired) electrons. The van der Waals surface area contributed by atoms with Gasteiger partial charge in [0.2, 0.25) is 11.3 Å². The van der Waals surface area contributed by atoms with Crippen LogP contribution in [-0.2, 0) is 9.53 Å². The van der Waals surface area contributed by atoms with Gasteiger partial charge in [-0.25, -0.2) is 0 Å². The molecule has 0 unspecified atom stereocenters. The number of carbonyl (C=O) groups excluding carboxylic acids is 2. The highest BCUT2D eigenvalue weighted by molar-refractivity contribution is 5.98. The van der Waals surface area contributed by atoms with Crippen LogP contribution in [0.3, 0.4) is 0 Å². The van der Waals surface area contributed by atoms with Crippen LogP contribution in [0, 0.1) is 0 Å². The number of rotatable bonds is 9. The first-order valence-corrected chi connectivity index (χ1v) is 7.98. The number of methoxy groups -OCH3 is 1. The fraction of sp³-hybridized carbons (Fsp3) is 0.353. The molecule has 0 aliphatic rings. The quantitative estimate of drug-likeness (QED) is 0.462. The minimum Gasteiger partial charge on any atom is -0.383 e. The van der Waals surface area contributed by atoms with Crippen molar-refractivity contribution in [2.24, 2.45) is 0 Å². The number of benzene rings is 1. The van der Waals surface area contributed by atoms with Gasteiger partial charge in [0.15, 0.2) is 0 Å². The molecular weight excluding hydrogens is 324 g/mol. The second-order valence-electron chi connectivity index (χ2n) is 5.35. The highest BCUT2D eigenvalue weighted by atomic mass is 16.5. The van der Waals surface area contributed by atoms with Crippen molar-refractivity contribution in [2.75, 3.05) is 39.9 Å². The number of nitrogens with one attached hydrogen (secondary N) is 4. The second kappa shape index (κ2) is 9.55. The first-order chi connectivity index (χ1) is 12.1. The Morgan fingerprint density at radius 1 is 1.12 bits per heavy atom. The molecule has 2 aromatic rings. The van der Waals surface area contributed by atoms with Gasteiger partial charge in [0.05, 0.1) is 13.2 Å². The van der Waals surface area contributed by atoms with Crippen molar-refractivity contribution in [1.29, 1.82) is 0 Å². The normalized spacial score (nSPS) is 10.6. The third kappa shape index (κ3) is 5.40. The van der Waals surface area contributed by atoms with Gasteiger partial charge in [-0.05, 0) is 12.1 Å². The van der Waals surface area contributed by atoms with E-state index in [1.807, 2.05) is 0 Å². The summed E-state index contributed by atoms with van der Waals surface area (Å²) in [6.45, 7) is 2.16. The molecule has 4 N–H and O–H groups in total. The van der Waals surface area contributed by atoms with Crippen LogP contribution in [-0.4, -0.2) is 56.7 Å². The summed E-state index contributed by atoms with van der Waals surface area (Å²) >= 11 is 0. The molecule has 0 atom stereocenters. The molecule has 2 rings (SSSR count). The Balaban J connectivity index is 1.81. The number of pyridine rings is 1. The molecule has 1 aromatic carbocycles. The minimum atomic E-state index is -0.583. The SMILES string of the molecule is COCCNCCNC(=O)CNC(=O)c1c[nH]c2ccccc2c1=O. The lowest BCUT2D eigenvalue weighted by atomic mass is 10.1. The Morgan fingerprint density at radius 3 is 2.72 bits per heavy atom. The van der Waals surface area contributed by atoms with Gasteiger partial charge in [-0.15, -0.1) is 0 Å². The Kier molecular flexibility index (Phi) is 7.12. The van der Waals surface area contributed by atoms with E-state index in [4.69, 9.17) is 4.74 Å². The molecule has 8 nitrogen and oxygen atoms in total. The van der Waals surface area contributed by atoms with Gasteiger partial charge in [0.1, 0.15) is 5.56 Å². The Hall–Kier alpha value is -2.71. The predicted octanol–water partition coefficient (Wildman–Crippen LogP) is -0.390. The predicted molar refractivity (Wildman–Crippen MR) is 94.7 cm³/mol. The molecule has 1 heterocycles. The van der Waals surface area contributed by atoms with Crippen molar-refractivity contribution >= 4 is 22.7 Å². The minimum absolute atomic E-state index is 0.0206. The summed E-state index contributed by atoms with van der Waals surface area (Å²) < 4.78 is 4.89. The van der Waals surface area contributed by atoms with E-state index in [-0.39, 0.29) is 23.4 Å². The molecule has 0 fully saturated rings. The number of hydrogen-bond acceptors (Lipinski definition) is 5. The molecule has 0 bridgehead atoms. The summed E-state index contributed by atoms with van der Waals surface area (Å²) in [5.41, 5.74) is 0.269. The summed E-state index contributed by atoms with van der Waals surface area (Å²) in [5, 5.41) is 8.64. The third-order valence-corrected chi connectivity index (χ3v) is 3.55. The van der Waals surface area contributed by atoms with Crippen molar-refractivity contribution < 1.29 is 14.3 Å². The van der Waals surface area contributed by atoms with E-state index in [1.54, 1.807) is 31.4 Å². The molecule has 0 spiro atoms. The number of carbonyl (C=O) groups is 2. The van der Waals surface area contributed by atoms with Crippen molar-refractivity contribution in [3.63, 3.8) is 0 Å². The first kappa shape index (κ1) is 18.6. The van der Waals surface area contributed by atoms with Gasteiger partial charge in [0, 0.05) is 43.8 Å². The average Bonchev–Trinajstić information content (AvgIpc) is 2.63. The van der Waals surface area contributed by atoms with Gasteiger partial charge in [0.25, 0.3) is 5.91 Å². The van der Waals surface area contributed by atoms with Gasteiger partial charge >= 0.3 is 0 Å². The van der Waals surface area contributed by atoms with Crippen molar-refractivity contribution in [2.45, 2.75) is 0 Å². The van der Waals surface area contributed by atoms with E-state index in [2.05, 4.69) is 20.9 Å². The number of aromatic nitrogens is 1. The fourth-order valence-electron chi connectivity index (χ4n) is 2.24. The third-order valence-electron chi connectivity index (χ3n) is 3.55. The molecular formula is C17H22N4O4. The summed E-state index contributed by atoms with van der Waals surface area (Å²) in [6, 6.07) is 6.93. The number of ether oxygens (including phenoxy) is 1. The lowest BCUT2D eigenvalue weighted by Gasteiger charge is -2.08. The van der Waals surface area contributed by atoms with E-state index >= 15 is 0 Å². The van der Waals surface area contributed by atoms with Crippen LogP contribution in [0.4, 0.5) is 0 Å². The summed E-state index contributed by atoms with van der Waals surface area (Å²) in [4.78, 5) is 39.0. The van der Waals surface area contributed by atoms with Crippen LogP contribution in [0.15, 0.2) is 35.3 Å². The number of fused-ring (bicyclic) bond motifs is 1. The molecule has 0 aliphatic carbocycles. The molecule has 0 saturated carbocycles. The van der Waals surface area contributed by atoms with Gasteiger partial charge in [-0.3, -0.25) is 14.4 Å². The van der Waals surface area contributed by atoms with E-state index < -0.39 is 5.91 Å². The highest BCUT2D eigenvalue weighted by Gasteiger charge is 2.13. The Labute approximate surface area is 144 Å². The summed E-state index contributed by atoms with van der Waals surface area (Å²) in [5.74, 6) is -0.903. The van der Waals surface area contributed by atoms with Crippen LogP contribution < -0.4 is 21.4 Å². The van der Waals surface area contributed by atoms with Gasteiger partial charge in [-0.2, -0.15) is 0 Å². The summed E-state index contributed by atoms with van der Waals surface area (Å²) in [6.07, 6.45) is 1.36. The molecule has 25 heavy (non-hydrogen) atoms. The second-order valence-corrected chi connectivity index (χ2v) is 5.35. The molecule has 0 saturated heterocycles. The number of hydrogen-bond donors (Lipinski definition) is 4. The first-order valence-electron chi connectivity index (χ1n) is 7.98. The van der Waals surface area contributed by atoms with Crippen molar-refractivity contribution in [1.82, 2.24) is 20.9 Å². The maximum Gasteiger partial charge on any atom is 0.257 e. The lowest BCUT2D eigenvalue weighted by molar-refractivity contribution is -0.120. The topological polar surface area (TPSA) is 112 Å². The average molecular weight is 346 g/mol. The molecule has 8 heteroatoms. The zero-order valence-corrected chi connectivity index (χ0v) is 14.1. The van der Waals surface area contributed by atoms with Crippen LogP contribution >= 0.6 is 0 Å². The summed E-state index contributed by atoms with van der Waals surface area (Å²) in [7, 11) is 1.62. The monoisotopic (exact) mass is 346 g/mol. The van der Waals surface area contributed by atoms with Crippen molar-refractivity contribution in [3.8, 4) is 0 Å². The van der Waals surface area contributed by atoms with Crippen LogP contribution in [0.1, 0.15) is 10.4 Å². The van der Waals surface area contributed by atoms with E-state index in [0.29, 0.717) is 37.1 Å². The van der Waals surface area contributed by atoms with Gasteiger partial charge in [-0.1, -0.05) is 12.1 Å². The molecule has 2 amide bonds. The van der Waals surface area contributed by atoms with Crippen LogP contribution in [0.2, 0.25) is 0 Å².